The van der Waals surface area contributed by atoms with Crippen LogP contribution in [0.5, 0.6) is 0 Å². The minimum absolute atomic E-state index is 0.0239. The molecule has 2 aliphatic rings. The average Bonchev–Trinajstić information content (AvgIpc) is 3.39. The fraction of sp³-hybridized carbons (Fsp3) is 0.412. The van der Waals surface area contributed by atoms with Gasteiger partial charge in [0.25, 0.3) is 18.1 Å². The number of nitrogen functional groups attached to an aromatic ring is 1. The van der Waals surface area contributed by atoms with Crippen molar-refractivity contribution in [3.63, 3.8) is 0 Å². The number of hydrogen-bond donors (Lipinski definition) is 3. The third-order valence-corrected chi connectivity index (χ3v) is 6.62. The molecule has 1 fully saturated rings. The fourth-order valence-corrected chi connectivity index (χ4v) is 5.12. The molecular formula is C17H20N9O5S2+. The highest BCUT2D eigenvalue weighted by Crippen LogP contribution is 2.40. The Morgan fingerprint density at radius 3 is 2.88 bits per heavy atom. The molecule has 2 aliphatic heterocycles. The maximum absolute atomic E-state index is 12.9. The molecule has 0 radical (unpaired) electrons. The lowest BCUT2D eigenvalue weighted by molar-refractivity contribution is -0.672. The van der Waals surface area contributed by atoms with Gasteiger partial charge >= 0.3 is 5.97 Å². The van der Waals surface area contributed by atoms with Crippen molar-refractivity contribution in [3.05, 3.63) is 29.7 Å². The van der Waals surface area contributed by atoms with E-state index in [-0.39, 0.29) is 35.5 Å². The van der Waals surface area contributed by atoms with Gasteiger partial charge in [0, 0.05) is 28.0 Å². The number of carbonyl (C=O) groups is 3. The number of aromatic nitrogens is 5. The summed E-state index contributed by atoms with van der Waals surface area (Å²) in [6.45, 7) is 2.12. The summed E-state index contributed by atoms with van der Waals surface area (Å²) in [6, 6.07) is -0.941. The number of oxime groups is 1. The summed E-state index contributed by atoms with van der Waals surface area (Å²) in [6.07, 6.45) is 3.30. The summed E-state index contributed by atoms with van der Waals surface area (Å²) in [5.41, 5.74) is 5.82. The zero-order chi connectivity index (χ0) is 23.7. The SMILES string of the molecule is CCON=C(C(=O)NC1C(=O)N2C(C(=O)O)=C(Cn3c[n+](C)cn3)CS[C@H]12)c1nsc(N)n1. The summed E-state index contributed by atoms with van der Waals surface area (Å²) < 4.78 is 7.28. The smallest absolute Gasteiger partial charge is 0.352 e. The highest BCUT2D eigenvalue weighted by Gasteiger charge is 2.54. The molecule has 2 amide bonds. The van der Waals surface area contributed by atoms with Crippen LogP contribution in [0.15, 0.2) is 29.1 Å². The number of β-lactam (4-membered cyclic amide) rings is 1. The lowest BCUT2D eigenvalue weighted by Crippen LogP contribution is -2.71. The summed E-state index contributed by atoms with van der Waals surface area (Å²) in [4.78, 5) is 47.8. The first-order valence-electron chi connectivity index (χ1n) is 9.68. The van der Waals surface area contributed by atoms with Gasteiger partial charge in [-0.2, -0.15) is 9.36 Å². The Hall–Kier alpha value is -3.53. The van der Waals surface area contributed by atoms with Gasteiger partial charge in [-0.3, -0.25) is 14.5 Å². The van der Waals surface area contributed by atoms with E-state index >= 15 is 0 Å². The minimum Gasteiger partial charge on any atom is -0.477 e. The molecule has 1 unspecified atom stereocenters. The topological polar surface area (TPSA) is 182 Å². The predicted molar refractivity (Wildman–Crippen MR) is 116 cm³/mol. The first kappa shape index (κ1) is 22.7. The van der Waals surface area contributed by atoms with Crippen molar-refractivity contribution in [1.29, 1.82) is 0 Å². The van der Waals surface area contributed by atoms with Crippen LogP contribution in [0, 0.1) is 0 Å². The Labute approximate surface area is 195 Å². The van der Waals surface area contributed by atoms with Crippen LogP contribution in [0.3, 0.4) is 0 Å². The molecule has 0 bridgehead atoms. The second-order valence-corrected chi connectivity index (χ2v) is 8.93. The lowest BCUT2D eigenvalue weighted by Gasteiger charge is -2.49. The van der Waals surface area contributed by atoms with Crippen molar-refractivity contribution >= 4 is 51.9 Å². The molecule has 174 valence electrons. The van der Waals surface area contributed by atoms with Crippen molar-refractivity contribution < 1.29 is 28.9 Å². The van der Waals surface area contributed by atoms with E-state index in [2.05, 4.69) is 24.9 Å². The van der Waals surface area contributed by atoms with Gasteiger partial charge in [0.2, 0.25) is 17.9 Å². The highest BCUT2D eigenvalue weighted by molar-refractivity contribution is 8.00. The quantitative estimate of drug-likeness (QED) is 0.166. The molecule has 4 heterocycles. The number of carboxylic acids is 1. The van der Waals surface area contributed by atoms with E-state index in [0.29, 0.717) is 11.3 Å². The summed E-state index contributed by atoms with van der Waals surface area (Å²) in [5, 5.41) is 19.9. The zero-order valence-electron chi connectivity index (χ0n) is 17.5. The number of aryl methyl sites for hydroxylation is 1. The number of nitrogens with two attached hydrogens (primary N) is 1. The number of carboxylic acid groups (broad SMARTS) is 1. The van der Waals surface area contributed by atoms with Gasteiger partial charge in [-0.05, 0) is 6.92 Å². The average molecular weight is 495 g/mol. The molecule has 14 nitrogen and oxygen atoms in total. The number of hydrogen-bond acceptors (Lipinski definition) is 11. The van der Waals surface area contributed by atoms with Crippen molar-refractivity contribution in [1.82, 2.24) is 29.4 Å². The summed E-state index contributed by atoms with van der Waals surface area (Å²) in [7, 11) is 1.80. The third-order valence-electron chi connectivity index (χ3n) is 4.74. The Bertz CT molecular complexity index is 1170. The van der Waals surface area contributed by atoms with E-state index in [1.54, 1.807) is 35.9 Å². The first-order chi connectivity index (χ1) is 15.8. The number of nitrogens with one attached hydrogen (secondary N) is 1. The normalized spacial score (nSPS) is 20.4. The second-order valence-electron chi connectivity index (χ2n) is 7.04. The molecule has 2 atom stereocenters. The van der Waals surface area contributed by atoms with Crippen molar-refractivity contribution in [3.8, 4) is 0 Å². The number of carbonyl (C=O) groups excluding carboxylic acids is 2. The third kappa shape index (κ3) is 4.38. The van der Waals surface area contributed by atoms with Crippen LogP contribution in [0.25, 0.3) is 0 Å². The Morgan fingerprint density at radius 2 is 2.27 bits per heavy atom. The van der Waals surface area contributed by atoms with Crippen molar-refractivity contribution in [2.45, 2.75) is 24.9 Å². The van der Waals surface area contributed by atoms with E-state index in [1.807, 2.05) is 0 Å². The molecule has 2 aromatic rings. The van der Waals surface area contributed by atoms with Crippen LogP contribution in [0.4, 0.5) is 5.13 Å². The van der Waals surface area contributed by atoms with Gasteiger partial charge in [0.15, 0.2) is 5.13 Å². The number of nitrogens with zero attached hydrogens (tertiary/aromatic N) is 7. The number of amides is 2. The largest absolute Gasteiger partial charge is 0.477 e. The predicted octanol–water partition coefficient (Wildman–Crippen LogP) is -1.68. The number of rotatable bonds is 8. The van der Waals surface area contributed by atoms with Crippen LogP contribution in [-0.4, -0.2) is 76.4 Å². The molecule has 33 heavy (non-hydrogen) atoms. The Balaban J connectivity index is 1.53. The monoisotopic (exact) mass is 494 g/mol. The molecule has 1 saturated heterocycles. The van der Waals surface area contributed by atoms with Crippen LogP contribution in [-0.2, 0) is 32.8 Å². The molecule has 4 N–H and O–H groups in total. The van der Waals surface area contributed by atoms with Crippen molar-refractivity contribution in [2.24, 2.45) is 12.2 Å². The molecule has 4 rings (SSSR count). The van der Waals surface area contributed by atoms with Gasteiger partial charge in [-0.25, -0.2) is 9.36 Å². The minimum atomic E-state index is -1.22. The lowest BCUT2D eigenvalue weighted by atomic mass is 10.0. The van der Waals surface area contributed by atoms with Crippen LogP contribution < -0.4 is 15.6 Å². The van der Waals surface area contributed by atoms with Gasteiger partial charge in [-0.15, -0.1) is 16.4 Å². The molecule has 0 aliphatic carbocycles. The molecule has 0 aromatic carbocycles. The molecule has 2 aromatic heterocycles. The van der Waals surface area contributed by atoms with Crippen LogP contribution in [0.1, 0.15) is 12.7 Å². The molecule has 0 saturated carbocycles. The maximum Gasteiger partial charge on any atom is 0.352 e. The standard InChI is InChI=1S/C17H19N9O5S2/c1-3-31-22-9(12-21-17(18)33-23-12)13(27)20-10-14(28)26-11(16(29)30)8(5-32-15(10)26)4-25-7-24(2)6-19-25/h6-7,10,15H,3-5H2,1-2H3,(H3-,18,20,21,23,27,29,30)/p+1/t10?,15-/m1/s1. The van der Waals surface area contributed by atoms with Crippen molar-refractivity contribution in [2.75, 3.05) is 18.1 Å². The number of anilines is 1. The summed E-state index contributed by atoms with van der Waals surface area (Å²) in [5.74, 6) is -2.15. The molecule has 16 heteroatoms. The van der Waals surface area contributed by atoms with E-state index < -0.39 is 29.2 Å². The van der Waals surface area contributed by atoms with E-state index in [9.17, 15) is 19.5 Å². The Kier molecular flexibility index (Phi) is 6.28. The summed E-state index contributed by atoms with van der Waals surface area (Å²) >= 11 is 2.24. The number of fused-ring (bicyclic) bond motifs is 1. The fourth-order valence-electron chi connectivity index (χ4n) is 3.35. The van der Waals surface area contributed by atoms with E-state index in [1.165, 1.54) is 16.7 Å². The van der Waals surface area contributed by atoms with E-state index in [0.717, 1.165) is 11.5 Å². The number of thioether (sulfide) groups is 1. The Morgan fingerprint density at radius 1 is 1.48 bits per heavy atom. The molecule has 0 spiro atoms. The maximum atomic E-state index is 12.9. The van der Waals surface area contributed by atoms with Gasteiger partial charge in [-0.1, -0.05) is 5.16 Å². The van der Waals surface area contributed by atoms with Gasteiger partial charge < -0.3 is 21.0 Å². The zero-order valence-corrected chi connectivity index (χ0v) is 19.2. The van der Waals surface area contributed by atoms with Gasteiger partial charge in [0.05, 0.1) is 7.05 Å². The van der Waals surface area contributed by atoms with Gasteiger partial charge in [0.1, 0.15) is 30.3 Å². The second kappa shape index (κ2) is 9.14. The van der Waals surface area contributed by atoms with E-state index in [4.69, 9.17) is 10.6 Å². The van der Waals surface area contributed by atoms with Crippen LogP contribution in [0.2, 0.25) is 0 Å². The highest BCUT2D eigenvalue weighted by atomic mass is 32.2. The first-order valence-corrected chi connectivity index (χ1v) is 11.5. The molecular weight excluding hydrogens is 474 g/mol. The number of aliphatic carboxylic acids is 1. The van der Waals surface area contributed by atoms with Crippen LogP contribution >= 0.6 is 23.3 Å².